The summed E-state index contributed by atoms with van der Waals surface area (Å²) >= 11 is 7.54. The van der Waals surface area contributed by atoms with Crippen molar-refractivity contribution in [2.45, 2.75) is 5.66 Å². The van der Waals surface area contributed by atoms with E-state index in [2.05, 4.69) is 20.3 Å². The molecular weight excluding hydrogens is 458 g/mol. The fourth-order valence-electron chi connectivity index (χ4n) is 4.16. The molecule has 4 aromatic rings. The van der Waals surface area contributed by atoms with Crippen LogP contribution < -0.4 is 5.32 Å². The quantitative estimate of drug-likeness (QED) is 0.439. The second-order valence-corrected chi connectivity index (χ2v) is 8.75. The van der Waals surface area contributed by atoms with Gasteiger partial charge in [0.25, 0.3) is 5.91 Å². The lowest BCUT2D eigenvalue weighted by Crippen LogP contribution is -2.52. The van der Waals surface area contributed by atoms with Gasteiger partial charge >= 0.3 is 0 Å². The molecule has 1 amide bonds. The number of benzene rings is 1. The van der Waals surface area contributed by atoms with Crippen molar-refractivity contribution < 1.29 is 9.59 Å². The molecule has 1 aromatic carbocycles. The van der Waals surface area contributed by atoms with E-state index < -0.39 is 5.66 Å². The van der Waals surface area contributed by atoms with Gasteiger partial charge in [0.15, 0.2) is 6.29 Å². The van der Waals surface area contributed by atoms with Gasteiger partial charge in [0, 0.05) is 65.0 Å². The number of hydrogen-bond donors (Lipinski definition) is 1. The van der Waals surface area contributed by atoms with Crippen LogP contribution in [0.1, 0.15) is 32.0 Å². The molecule has 7 nitrogen and oxygen atoms in total. The second-order valence-electron chi connectivity index (χ2n) is 7.46. The van der Waals surface area contributed by atoms with Crippen LogP contribution in [0.4, 0.5) is 0 Å². The normalized spacial score (nSPS) is 17.8. The van der Waals surface area contributed by atoms with E-state index >= 15 is 0 Å². The summed E-state index contributed by atoms with van der Waals surface area (Å²) in [4.78, 5) is 40.3. The highest BCUT2D eigenvalue weighted by molar-refractivity contribution is 7.13. The molecule has 0 spiro atoms. The van der Waals surface area contributed by atoms with Crippen molar-refractivity contribution in [1.29, 1.82) is 0 Å². The molecule has 1 saturated heterocycles. The highest BCUT2D eigenvalue weighted by Crippen LogP contribution is 2.39. The third-order valence-corrected chi connectivity index (χ3v) is 6.79. The number of carbonyl (C=O) groups is 2. The van der Waals surface area contributed by atoms with E-state index in [1.165, 1.54) is 11.3 Å². The number of nitrogens with zero attached hydrogens (tertiary/aromatic N) is 4. The molecule has 0 bridgehead atoms. The lowest BCUT2D eigenvalue weighted by atomic mass is 9.88. The Kier molecular flexibility index (Phi) is 5.72. The van der Waals surface area contributed by atoms with Gasteiger partial charge in [-0.05, 0) is 35.9 Å². The molecule has 1 aliphatic rings. The largest absolute Gasteiger partial charge is 0.309 e. The van der Waals surface area contributed by atoms with Crippen LogP contribution in [-0.4, -0.2) is 45.1 Å². The van der Waals surface area contributed by atoms with E-state index in [9.17, 15) is 9.59 Å². The van der Waals surface area contributed by atoms with Crippen LogP contribution in [0.5, 0.6) is 0 Å². The van der Waals surface area contributed by atoms with Crippen LogP contribution in [0.25, 0.3) is 10.6 Å². The van der Waals surface area contributed by atoms with Crippen molar-refractivity contribution in [3.63, 3.8) is 0 Å². The molecular formula is C24H18ClN5O2S. The number of thiazole rings is 1. The minimum Gasteiger partial charge on any atom is -0.309 e. The van der Waals surface area contributed by atoms with Crippen LogP contribution in [0.15, 0.2) is 72.6 Å². The van der Waals surface area contributed by atoms with Gasteiger partial charge in [0.05, 0.1) is 0 Å². The fourth-order valence-corrected chi connectivity index (χ4v) is 5.08. The minimum atomic E-state index is -1.09. The van der Waals surface area contributed by atoms with Crippen LogP contribution in [0, 0.1) is 0 Å². The molecule has 33 heavy (non-hydrogen) atoms. The molecule has 5 rings (SSSR count). The second kappa shape index (κ2) is 8.82. The Labute approximate surface area is 199 Å². The first-order valence-corrected chi connectivity index (χ1v) is 11.5. The molecule has 0 saturated carbocycles. The highest BCUT2D eigenvalue weighted by Gasteiger charge is 2.48. The summed E-state index contributed by atoms with van der Waals surface area (Å²) in [7, 11) is 0. The van der Waals surface area contributed by atoms with E-state index in [4.69, 9.17) is 11.6 Å². The van der Waals surface area contributed by atoms with E-state index in [0.29, 0.717) is 34.9 Å². The summed E-state index contributed by atoms with van der Waals surface area (Å²) in [6, 6.07) is 12.6. The topological polar surface area (TPSA) is 88.1 Å². The zero-order chi connectivity index (χ0) is 22.8. The Balaban J connectivity index is 1.62. The maximum absolute atomic E-state index is 13.8. The number of hydrogen-bond acceptors (Lipinski definition) is 7. The first-order chi connectivity index (χ1) is 16.1. The van der Waals surface area contributed by atoms with E-state index in [0.717, 1.165) is 22.4 Å². The van der Waals surface area contributed by atoms with Crippen molar-refractivity contribution >= 4 is 35.1 Å². The van der Waals surface area contributed by atoms with E-state index in [1.807, 2.05) is 24.3 Å². The standard InChI is InChI=1S/C24H18ClN5O2S/c25-19-3-1-18(2-4-19)24(20-13-27-10-7-17(20)14-31)28-11-12-30(24)23(32)21-15-33-22(29-21)16-5-8-26-9-6-16/h1-10,13-15,28H,11-12H2. The number of nitrogens with one attached hydrogen (secondary N) is 1. The summed E-state index contributed by atoms with van der Waals surface area (Å²) in [5, 5.41) is 6.54. The van der Waals surface area contributed by atoms with Gasteiger partial charge in [-0.25, -0.2) is 4.98 Å². The molecule has 0 aliphatic carbocycles. The van der Waals surface area contributed by atoms with Crippen LogP contribution >= 0.6 is 22.9 Å². The van der Waals surface area contributed by atoms with Gasteiger partial charge in [-0.2, -0.15) is 0 Å². The number of pyridine rings is 2. The monoisotopic (exact) mass is 475 g/mol. The maximum Gasteiger partial charge on any atom is 0.275 e. The number of aromatic nitrogens is 3. The fraction of sp³-hybridized carbons (Fsp3) is 0.125. The summed E-state index contributed by atoms with van der Waals surface area (Å²) in [5.74, 6) is -0.243. The third kappa shape index (κ3) is 3.72. The number of amides is 1. The number of aldehydes is 1. The van der Waals surface area contributed by atoms with Gasteiger partial charge in [-0.15, -0.1) is 11.3 Å². The SMILES string of the molecule is O=Cc1ccncc1C1(c2ccc(Cl)cc2)NCCN1C(=O)c1csc(-c2ccncc2)n1. The predicted molar refractivity (Wildman–Crippen MR) is 126 cm³/mol. The van der Waals surface area contributed by atoms with Gasteiger partial charge in [-0.3, -0.25) is 24.9 Å². The molecule has 1 fully saturated rings. The molecule has 4 heterocycles. The lowest BCUT2D eigenvalue weighted by Gasteiger charge is -2.39. The molecule has 164 valence electrons. The molecule has 9 heteroatoms. The van der Waals surface area contributed by atoms with Gasteiger partial charge in [-0.1, -0.05) is 23.7 Å². The van der Waals surface area contributed by atoms with Gasteiger partial charge in [0.2, 0.25) is 0 Å². The zero-order valence-corrected chi connectivity index (χ0v) is 18.9. The highest BCUT2D eigenvalue weighted by atomic mass is 35.5. The van der Waals surface area contributed by atoms with E-state index in [1.54, 1.807) is 53.3 Å². The molecule has 1 N–H and O–H groups in total. The van der Waals surface area contributed by atoms with Crippen molar-refractivity contribution in [2.24, 2.45) is 0 Å². The molecule has 1 aliphatic heterocycles. The van der Waals surface area contributed by atoms with Crippen molar-refractivity contribution in [2.75, 3.05) is 13.1 Å². The van der Waals surface area contributed by atoms with Crippen molar-refractivity contribution in [3.8, 4) is 10.6 Å². The van der Waals surface area contributed by atoms with Crippen LogP contribution in [0.3, 0.4) is 0 Å². The third-order valence-electron chi connectivity index (χ3n) is 5.65. The Bertz CT molecular complexity index is 1310. The first kappa shape index (κ1) is 21.4. The maximum atomic E-state index is 13.8. The first-order valence-electron chi connectivity index (χ1n) is 10.2. The van der Waals surface area contributed by atoms with Crippen molar-refractivity contribution in [1.82, 2.24) is 25.2 Å². The van der Waals surface area contributed by atoms with E-state index in [-0.39, 0.29) is 5.91 Å². The Hall–Kier alpha value is -3.46. The Morgan fingerprint density at radius 2 is 1.85 bits per heavy atom. The Morgan fingerprint density at radius 3 is 2.61 bits per heavy atom. The predicted octanol–water partition coefficient (Wildman–Crippen LogP) is 4.01. The van der Waals surface area contributed by atoms with Gasteiger partial charge in [0.1, 0.15) is 16.4 Å². The van der Waals surface area contributed by atoms with Crippen LogP contribution in [0.2, 0.25) is 5.02 Å². The molecule has 0 radical (unpaired) electrons. The average Bonchev–Trinajstić information content (AvgIpc) is 3.53. The average molecular weight is 476 g/mol. The van der Waals surface area contributed by atoms with Crippen LogP contribution in [-0.2, 0) is 5.66 Å². The van der Waals surface area contributed by atoms with Crippen molar-refractivity contribution in [3.05, 3.63) is 100 Å². The smallest absolute Gasteiger partial charge is 0.275 e. The number of rotatable bonds is 5. The molecule has 1 atom stereocenters. The lowest BCUT2D eigenvalue weighted by molar-refractivity contribution is 0.0619. The zero-order valence-electron chi connectivity index (χ0n) is 17.3. The number of carbonyl (C=O) groups excluding carboxylic acids is 2. The molecule has 3 aromatic heterocycles. The summed E-state index contributed by atoms with van der Waals surface area (Å²) < 4.78 is 0. The Morgan fingerprint density at radius 1 is 1.09 bits per heavy atom. The van der Waals surface area contributed by atoms with Gasteiger partial charge < -0.3 is 4.90 Å². The summed E-state index contributed by atoms with van der Waals surface area (Å²) in [5.41, 5.74) is 1.96. The summed E-state index contributed by atoms with van der Waals surface area (Å²) in [6.45, 7) is 0.958. The molecule has 1 unspecified atom stereocenters. The number of halogens is 1. The summed E-state index contributed by atoms with van der Waals surface area (Å²) in [6.07, 6.45) is 7.35. The minimum absolute atomic E-state index is 0.243.